The number of carbonyl (C=O) groups excluding carboxylic acids is 1. The number of H-pyrrole nitrogens is 1. The van der Waals surface area contributed by atoms with Gasteiger partial charge >= 0.3 is 0 Å². The summed E-state index contributed by atoms with van der Waals surface area (Å²) in [4.78, 5) is 22.7. The quantitative estimate of drug-likeness (QED) is 0.576. The van der Waals surface area contributed by atoms with Crippen molar-refractivity contribution < 1.29 is 14.3 Å². The molecule has 3 aromatic rings. The summed E-state index contributed by atoms with van der Waals surface area (Å²) in [5.41, 5.74) is 3.81. The van der Waals surface area contributed by atoms with E-state index in [-0.39, 0.29) is 24.2 Å². The molecular formula is C24H29FN4O2. The molecule has 6 nitrogen and oxygen atoms in total. The van der Waals surface area contributed by atoms with Gasteiger partial charge in [0.15, 0.2) is 5.82 Å². The van der Waals surface area contributed by atoms with Crippen molar-refractivity contribution in [3.63, 3.8) is 0 Å². The molecule has 3 heterocycles. The molecular weight excluding hydrogens is 395 g/mol. The van der Waals surface area contributed by atoms with E-state index in [9.17, 15) is 14.3 Å². The number of nitrogens with one attached hydrogen (secondary N) is 2. The lowest BCUT2D eigenvalue weighted by Crippen LogP contribution is -2.57. The Hall–Kier alpha value is -2.93. The number of aryl methyl sites for hydroxylation is 3. The maximum atomic E-state index is 14.3. The molecule has 0 spiro atoms. The van der Waals surface area contributed by atoms with E-state index in [1.807, 2.05) is 32.9 Å². The van der Waals surface area contributed by atoms with E-state index in [1.54, 1.807) is 24.8 Å². The summed E-state index contributed by atoms with van der Waals surface area (Å²) in [6.07, 6.45) is 0. The predicted octanol–water partition coefficient (Wildman–Crippen LogP) is 4.08. The molecule has 4 rings (SSSR count). The van der Waals surface area contributed by atoms with Gasteiger partial charge in [-0.05, 0) is 57.9 Å². The highest BCUT2D eigenvalue weighted by Gasteiger charge is 2.40. The Balaban J connectivity index is 1.65. The van der Waals surface area contributed by atoms with Crippen molar-refractivity contribution in [2.75, 3.05) is 18.4 Å². The number of hydrogen-bond acceptors (Lipinski definition) is 4. The van der Waals surface area contributed by atoms with Crippen LogP contribution in [0.4, 0.5) is 10.2 Å². The van der Waals surface area contributed by atoms with Crippen LogP contribution in [0.3, 0.4) is 0 Å². The fourth-order valence-electron chi connectivity index (χ4n) is 4.00. The Bertz CT molecular complexity index is 1140. The molecule has 0 atom stereocenters. The molecule has 2 aromatic heterocycles. The molecule has 0 unspecified atom stereocenters. The number of aromatic amines is 1. The number of aromatic nitrogens is 2. The van der Waals surface area contributed by atoms with Crippen LogP contribution in [0.1, 0.15) is 46.7 Å². The molecule has 1 aromatic carbocycles. The lowest BCUT2D eigenvalue weighted by atomic mass is 9.84. The van der Waals surface area contributed by atoms with Crippen LogP contribution < -0.4 is 5.32 Å². The molecule has 1 saturated heterocycles. The average molecular weight is 425 g/mol. The van der Waals surface area contributed by atoms with Crippen molar-refractivity contribution in [1.29, 1.82) is 0 Å². The second-order valence-corrected chi connectivity index (χ2v) is 9.10. The number of likely N-dealkylation sites (tertiary alicyclic amines) is 1. The number of carbonyl (C=O) groups is 1. The van der Waals surface area contributed by atoms with Gasteiger partial charge in [0.2, 0.25) is 0 Å². The zero-order valence-corrected chi connectivity index (χ0v) is 18.6. The van der Waals surface area contributed by atoms with Gasteiger partial charge in [0, 0.05) is 42.2 Å². The largest absolute Gasteiger partial charge is 0.390 e. The van der Waals surface area contributed by atoms with E-state index in [1.165, 1.54) is 6.07 Å². The first-order valence-corrected chi connectivity index (χ1v) is 10.6. The third-order valence-corrected chi connectivity index (χ3v) is 6.47. The summed E-state index contributed by atoms with van der Waals surface area (Å²) in [5, 5.41) is 14.3. The van der Waals surface area contributed by atoms with Gasteiger partial charge in [0.25, 0.3) is 5.91 Å². The lowest BCUT2D eigenvalue weighted by Gasteiger charge is -2.45. The van der Waals surface area contributed by atoms with Crippen molar-refractivity contribution in [3.05, 3.63) is 58.2 Å². The first kappa shape index (κ1) is 21.3. The van der Waals surface area contributed by atoms with Gasteiger partial charge in [-0.2, -0.15) is 0 Å². The van der Waals surface area contributed by atoms with Crippen LogP contribution in [0.2, 0.25) is 0 Å². The van der Waals surface area contributed by atoms with E-state index in [0.29, 0.717) is 30.2 Å². The average Bonchev–Trinajstić information content (AvgIpc) is 2.93. The van der Waals surface area contributed by atoms with Crippen LogP contribution in [0.25, 0.3) is 10.9 Å². The van der Waals surface area contributed by atoms with Crippen LogP contribution in [-0.4, -0.2) is 44.6 Å². The minimum atomic E-state index is -0.813. The second-order valence-electron chi connectivity index (χ2n) is 9.10. The second kappa shape index (κ2) is 7.64. The summed E-state index contributed by atoms with van der Waals surface area (Å²) in [7, 11) is 0. The summed E-state index contributed by atoms with van der Waals surface area (Å²) < 4.78 is 14.3. The van der Waals surface area contributed by atoms with Gasteiger partial charge in [0.1, 0.15) is 11.5 Å². The smallest absolute Gasteiger partial charge is 0.272 e. The molecule has 0 bridgehead atoms. The topological polar surface area (TPSA) is 81.2 Å². The van der Waals surface area contributed by atoms with Crippen LogP contribution >= 0.6 is 0 Å². The van der Waals surface area contributed by atoms with E-state index in [4.69, 9.17) is 0 Å². The van der Waals surface area contributed by atoms with E-state index in [0.717, 1.165) is 27.7 Å². The molecule has 1 fully saturated rings. The number of hydrogen-bond donors (Lipinski definition) is 3. The van der Waals surface area contributed by atoms with Crippen molar-refractivity contribution >= 4 is 22.6 Å². The van der Waals surface area contributed by atoms with Gasteiger partial charge < -0.3 is 20.3 Å². The van der Waals surface area contributed by atoms with Crippen LogP contribution in [0, 0.1) is 32.5 Å². The SMILES string of the molecule is Cc1cccc(F)c1CNc1nc(C(=O)N2CC(C(C)(C)O)C2)cc2c(C)c(C)[nH]c12. The number of benzene rings is 1. The Morgan fingerprint density at radius 1 is 1.32 bits per heavy atom. The number of fused-ring (bicyclic) bond motifs is 1. The van der Waals surface area contributed by atoms with Gasteiger partial charge in [-0.1, -0.05) is 12.1 Å². The number of pyridine rings is 1. The highest BCUT2D eigenvalue weighted by Crippen LogP contribution is 2.31. The molecule has 1 amide bonds. The first-order valence-electron chi connectivity index (χ1n) is 10.6. The molecule has 3 N–H and O–H groups in total. The molecule has 0 saturated carbocycles. The molecule has 0 radical (unpaired) electrons. The zero-order chi connectivity index (χ0) is 22.5. The Kier molecular flexibility index (Phi) is 5.25. The highest BCUT2D eigenvalue weighted by molar-refractivity contribution is 6.01. The monoisotopic (exact) mass is 424 g/mol. The number of anilines is 1. The number of nitrogens with zero attached hydrogens (tertiary/aromatic N) is 2. The predicted molar refractivity (Wildman–Crippen MR) is 120 cm³/mol. The third-order valence-electron chi connectivity index (χ3n) is 6.47. The van der Waals surface area contributed by atoms with E-state index >= 15 is 0 Å². The third kappa shape index (κ3) is 3.90. The van der Waals surface area contributed by atoms with Crippen LogP contribution in [0.15, 0.2) is 24.3 Å². The van der Waals surface area contributed by atoms with Gasteiger partial charge in [0.05, 0.1) is 11.1 Å². The molecule has 7 heteroatoms. The summed E-state index contributed by atoms with van der Waals surface area (Å²) in [6, 6.07) is 6.82. The standard InChI is InChI=1S/C24H29FN4O2/c1-13-7-6-8-19(25)18(13)10-26-22-21-17(14(2)15(3)27-21)9-20(28-22)23(30)29-11-16(12-29)24(4,5)31/h6-9,16,27,31H,10-12H2,1-5H3,(H,26,28). The zero-order valence-electron chi connectivity index (χ0n) is 18.6. The fourth-order valence-corrected chi connectivity index (χ4v) is 4.00. The van der Waals surface area contributed by atoms with Gasteiger partial charge in [-0.3, -0.25) is 4.79 Å². The van der Waals surface area contributed by atoms with Crippen LogP contribution in [-0.2, 0) is 6.54 Å². The molecule has 1 aliphatic heterocycles. The van der Waals surface area contributed by atoms with Crippen molar-refractivity contribution in [1.82, 2.24) is 14.9 Å². The maximum Gasteiger partial charge on any atom is 0.272 e. The van der Waals surface area contributed by atoms with Crippen molar-refractivity contribution in [3.8, 4) is 0 Å². The summed E-state index contributed by atoms with van der Waals surface area (Å²) >= 11 is 0. The Morgan fingerprint density at radius 2 is 2.03 bits per heavy atom. The normalized spacial score (nSPS) is 14.7. The highest BCUT2D eigenvalue weighted by atomic mass is 19.1. The van der Waals surface area contributed by atoms with E-state index < -0.39 is 5.60 Å². The van der Waals surface area contributed by atoms with Crippen molar-refractivity contribution in [2.24, 2.45) is 5.92 Å². The maximum absolute atomic E-state index is 14.3. The number of halogens is 1. The fraction of sp³-hybridized carbons (Fsp3) is 0.417. The molecule has 1 aliphatic rings. The molecule has 164 valence electrons. The molecule has 31 heavy (non-hydrogen) atoms. The lowest BCUT2D eigenvalue weighted by molar-refractivity contribution is -0.0508. The minimum Gasteiger partial charge on any atom is -0.390 e. The first-order chi connectivity index (χ1) is 14.6. The van der Waals surface area contributed by atoms with Gasteiger partial charge in [-0.25, -0.2) is 9.37 Å². The van der Waals surface area contributed by atoms with E-state index in [2.05, 4.69) is 15.3 Å². The molecule has 0 aliphatic carbocycles. The Labute approximate surface area is 181 Å². The Morgan fingerprint density at radius 3 is 2.68 bits per heavy atom. The number of amides is 1. The number of aliphatic hydroxyl groups is 1. The van der Waals surface area contributed by atoms with Gasteiger partial charge in [-0.15, -0.1) is 0 Å². The number of rotatable bonds is 5. The summed E-state index contributed by atoms with van der Waals surface area (Å²) in [5.74, 6) is 0.149. The van der Waals surface area contributed by atoms with Crippen LogP contribution in [0.5, 0.6) is 0 Å². The minimum absolute atomic E-state index is 0.0537. The van der Waals surface area contributed by atoms with Crippen molar-refractivity contribution in [2.45, 2.75) is 46.8 Å². The summed E-state index contributed by atoms with van der Waals surface area (Å²) in [6.45, 7) is 10.7.